The fraction of sp³-hybridized carbons (Fsp3) is 0.636. The quantitative estimate of drug-likeness (QED) is 0.651. The Morgan fingerprint density at radius 3 is 2.69 bits per heavy atom. The number of nitrogens with zero attached hydrogens (tertiary/aromatic N) is 2. The van der Waals surface area contributed by atoms with Crippen LogP contribution in [0.5, 0.6) is 0 Å². The van der Waals surface area contributed by atoms with E-state index in [9.17, 15) is 5.11 Å². The maximum atomic E-state index is 10.2. The molecule has 0 aromatic carbocycles. The van der Waals surface area contributed by atoms with E-state index in [1.165, 1.54) is 0 Å². The molecule has 88 valence electrons. The molecule has 0 unspecified atom stereocenters. The van der Waals surface area contributed by atoms with Crippen LogP contribution in [-0.4, -0.2) is 40.3 Å². The molecule has 3 N–H and O–H groups in total. The molecule has 0 bridgehead atoms. The zero-order valence-corrected chi connectivity index (χ0v) is 9.32. The van der Waals surface area contributed by atoms with Gasteiger partial charge in [0.25, 0.3) is 0 Å². The third-order valence-corrected chi connectivity index (χ3v) is 2.89. The lowest BCUT2D eigenvalue weighted by Gasteiger charge is -2.32. The molecule has 5 nitrogen and oxygen atoms in total. The predicted molar refractivity (Wildman–Crippen MR) is 60.8 cm³/mol. The van der Waals surface area contributed by atoms with E-state index in [4.69, 9.17) is 0 Å². The second kappa shape index (κ2) is 5.34. The van der Waals surface area contributed by atoms with Crippen molar-refractivity contribution in [3.8, 4) is 0 Å². The smallest absolute Gasteiger partial charge is 0.141 e. The zero-order valence-electron chi connectivity index (χ0n) is 9.32. The van der Waals surface area contributed by atoms with E-state index in [1.807, 2.05) is 0 Å². The molecule has 0 saturated carbocycles. The molecule has 2 heterocycles. The number of aliphatic hydroxyl groups is 1. The highest BCUT2D eigenvalue weighted by atomic mass is 16.3. The molecule has 0 amide bonds. The minimum Gasteiger partial charge on any atom is -0.388 e. The molecule has 16 heavy (non-hydrogen) atoms. The number of hydrogen-bond acceptors (Lipinski definition) is 5. The molecule has 0 radical (unpaired) electrons. The number of rotatable bonds is 4. The first kappa shape index (κ1) is 11.4. The van der Waals surface area contributed by atoms with Crippen molar-refractivity contribution in [3.05, 3.63) is 24.3 Å². The summed E-state index contributed by atoms with van der Waals surface area (Å²) in [6.45, 7) is 2.99. The summed E-state index contributed by atoms with van der Waals surface area (Å²) in [4.78, 5) is 8.23. The Hall–Kier alpha value is -1.04. The van der Waals surface area contributed by atoms with E-state index >= 15 is 0 Å². The van der Waals surface area contributed by atoms with E-state index in [0.717, 1.165) is 31.8 Å². The van der Waals surface area contributed by atoms with E-state index in [2.05, 4.69) is 20.6 Å². The van der Waals surface area contributed by atoms with Crippen LogP contribution in [0.3, 0.4) is 0 Å². The lowest BCUT2D eigenvalue weighted by Crippen LogP contribution is -2.48. The highest BCUT2D eigenvalue weighted by Crippen LogP contribution is 2.16. The Labute approximate surface area is 95.3 Å². The zero-order chi connectivity index (χ0) is 11.3. The van der Waals surface area contributed by atoms with Crippen molar-refractivity contribution >= 4 is 0 Å². The predicted octanol–water partition coefficient (Wildman–Crippen LogP) is -0.319. The van der Waals surface area contributed by atoms with E-state index in [0.29, 0.717) is 13.1 Å². The van der Waals surface area contributed by atoms with Crippen LogP contribution in [0.25, 0.3) is 0 Å². The van der Waals surface area contributed by atoms with Gasteiger partial charge >= 0.3 is 0 Å². The summed E-state index contributed by atoms with van der Waals surface area (Å²) >= 11 is 0. The van der Waals surface area contributed by atoms with Crippen molar-refractivity contribution in [1.29, 1.82) is 0 Å². The van der Waals surface area contributed by atoms with Gasteiger partial charge in [-0.15, -0.1) is 0 Å². The van der Waals surface area contributed by atoms with Gasteiger partial charge in [-0.05, 0) is 32.0 Å². The maximum Gasteiger partial charge on any atom is 0.141 e. The summed E-state index contributed by atoms with van der Waals surface area (Å²) in [5.74, 6) is 0.764. The Bertz CT molecular complexity index is 311. The van der Waals surface area contributed by atoms with Crippen molar-refractivity contribution < 1.29 is 5.11 Å². The first-order chi connectivity index (χ1) is 7.79. The summed E-state index contributed by atoms with van der Waals surface area (Å²) in [5.41, 5.74) is -0.569. The van der Waals surface area contributed by atoms with Crippen LogP contribution in [0.15, 0.2) is 18.5 Å². The number of hydrogen-bond donors (Lipinski definition) is 3. The molecule has 1 aliphatic rings. The van der Waals surface area contributed by atoms with E-state index < -0.39 is 5.60 Å². The second-order valence-corrected chi connectivity index (χ2v) is 4.24. The molecule has 0 aliphatic carbocycles. The van der Waals surface area contributed by atoms with Crippen LogP contribution in [0.1, 0.15) is 18.7 Å². The van der Waals surface area contributed by atoms with Gasteiger partial charge in [0.2, 0.25) is 0 Å². The van der Waals surface area contributed by atoms with Gasteiger partial charge in [-0.25, -0.2) is 9.97 Å². The third kappa shape index (κ3) is 3.23. The topological polar surface area (TPSA) is 70.1 Å². The number of nitrogens with one attached hydrogen (secondary N) is 2. The molecule has 1 fully saturated rings. The van der Waals surface area contributed by atoms with Gasteiger partial charge < -0.3 is 15.7 Å². The summed E-state index contributed by atoms with van der Waals surface area (Å²) in [6.07, 6.45) is 5.05. The maximum absolute atomic E-state index is 10.2. The largest absolute Gasteiger partial charge is 0.388 e. The van der Waals surface area contributed by atoms with Crippen LogP contribution in [0.2, 0.25) is 0 Å². The van der Waals surface area contributed by atoms with Crippen molar-refractivity contribution in [2.75, 3.05) is 19.6 Å². The fourth-order valence-corrected chi connectivity index (χ4v) is 1.90. The van der Waals surface area contributed by atoms with Crippen LogP contribution in [0.4, 0.5) is 0 Å². The Balaban J connectivity index is 1.75. The molecular weight excluding hydrogens is 204 g/mol. The van der Waals surface area contributed by atoms with E-state index in [1.54, 1.807) is 18.5 Å². The van der Waals surface area contributed by atoms with Gasteiger partial charge in [-0.3, -0.25) is 0 Å². The number of aromatic nitrogens is 2. The normalized spacial score (nSPS) is 19.6. The first-order valence-corrected chi connectivity index (χ1v) is 5.68. The Kier molecular flexibility index (Phi) is 3.82. The summed E-state index contributed by atoms with van der Waals surface area (Å²) in [5, 5.41) is 16.7. The molecule has 2 rings (SSSR count). The Morgan fingerprint density at radius 1 is 1.31 bits per heavy atom. The molecule has 0 atom stereocenters. The highest BCUT2D eigenvalue weighted by molar-refractivity contribution is 4.90. The van der Waals surface area contributed by atoms with Gasteiger partial charge in [-0.2, -0.15) is 0 Å². The van der Waals surface area contributed by atoms with Gasteiger partial charge in [0.05, 0.1) is 12.1 Å². The highest BCUT2D eigenvalue weighted by Gasteiger charge is 2.28. The second-order valence-electron chi connectivity index (χ2n) is 4.24. The van der Waals surface area contributed by atoms with Gasteiger partial charge in [-0.1, -0.05) is 0 Å². The summed E-state index contributed by atoms with van der Waals surface area (Å²) in [7, 11) is 0. The monoisotopic (exact) mass is 222 g/mol. The van der Waals surface area contributed by atoms with Gasteiger partial charge in [0.15, 0.2) is 0 Å². The fourth-order valence-electron chi connectivity index (χ4n) is 1.90. The molecule has 1 aliphatic heterocycles. The summed E-state index contributed by atoms with van der Waals surface area (Å²) < 4.78 is 0. The lowest BCUT2D eigenvalue weighted by molar-refractivity contribution is 0.0108. The molecule has 1 aromatic heterocycles. The van der Waals surface area contributed by atoms with Crippen LogP contribution in [-0.2, 0) is 6.54 Å². The van der Waals surface area contributed by atoms with Crippen molar-refractivity contribution in [2.24, 2.45) is 0 Å². The average molecular weight is 222 g/mol. The van der Waals surface area contributed by atoms with Crippen LogP contribution < -0.4 is 10.6 Å². The standard InChI is InChI=1S/C11H18N4O/c16-11(2-6-12-7-3-11)9-13-8-10-14-4-1-5-15-10/h1,4-5,12-13,16H,2-3,6-9H2. The van der Waals surface area contributed by atoms with Gasteiger partial charge in [0, 0.05) is 18.9 Å². The molecule has 1 saturated heterocycles. The molecule has 5 heteroatoms. The van der Waals surface area contributed by atoms with Gasteiger partial charge in [0.1, 0.15) is 5.82 Å². The Morgan fingerprint density at radius 2 is 2.00 bits per heavy atom. The SMILES string of the molecule is OC1(CNCc2ncccn2)CCNCC1. The molecule has 0 spiro atoms. The number of piperidine rings is 1. The third-order valence-electron chi connectivity index (χ3n) is 2.89. The van der Waals surface area contributed by atoms with Crippen molar-refractivity contribution in [1.82, 2.24) is 20.6 Å². The average Bonchev–Trinajstić information content (AvgIpc) is 2.31. The minimum absolute atomic E-state index is 0.569. The lowest BCUT2D eigenvalue weighted by atomic mass is 9.92. The van der Waals surface area contributed by atoms with Crippen molar-refractivity contribution in [3.63, 3.8) is 0 Å². The van der Waals surface area contributed by atoms with Crippen molar-refractivity contribution in [2.45, 2.75) is 25.0 Å². The molecule has 1 aromatic rings. The first-order valence-electron chi connectivity index (χ1n) is 5.68. The minimum atomic E-state index is -0.569. The van der Waals surface area contributed by atoms with Crippen LogP contribution in [0, 0.1) is 0 Å². The van der Waals surface area contributed by atoms with Crippen LogP contribution >= 0.6 is 0 Å². The molecular formula is C11H18N4O. The van der Waals surface area contributed by atoms with E-state index in [-0.39, 0.29) is 0 Å². The summed E-state index contributed by atoms with van der Waals surface area (Å²) in [6, 6.07) is 1.80.